The van der Waals surface area contributed by atoms with Crippen LogP contribution < -0.4 is 5.32 Å². The Morgan fingerprint density at radius 1 is 0.941 bits per heavy atom. The van der Waals surface area contributed by atoms with E-state index in [1.54, 1.807) is 0 Å². The molecule has 2 rings (SSSR count). The van der Waals surface area contributed by atoms with Gasteiger partial charge in [-0.15, -0.1) is 0 Å². The highest BCUT2D eigenvalue weighted by atomic mass is 16.5. The van der Waals surface area contributed by atoms with E-state index < -0.39 is 0 Å². The third kappa shape index (κ3) is 3.67. The average molecular weight is 241 g/mol. The van der Waals surface area contributed by atoms with Gasteiger partial charge in [-0.25, -0.2) is 0 Å². The van der Waals surface area contributed by atoms with Gasteiger partial charge in [0.25, 0.3) is 0 Å². The molecule has 2 fully saturated rings. The zero-order valence-electron chi connectivity index (χ0n) is 11.3. The van der Waals surface area contributed by atoms with E-state index in [1.807, 2.05) is 7.11 Å². The van der Waals surface area contributed by atoms with Crippen molar-refractivity contribution in [1.29, 1.82) is 0 Å². The fraction of sp³-hybridized carbons (Fsp3) is 1.00. The van der Waals surface area contributed by atoms with Gasteiger partial charge in [0.2, 0.25) is 0 Å². The van der Waals surface area contributed by atoms with Gasteiger partial charge in [-0.2, -0.15) is 0 Å². The molecule has 1 N–H and O–H groups in total. The molecule has 0 saturated heterocycles. The zero-order chi connectivity index (χ0) is 12.1. The zero-order valence-corrected chi connectivity index (χ0v) is 11.3. The minimum Gasteiger partial charge on any atom is -0.381 e. The third-order valence-electron chi connectivity index (χ3n) is 4.35. The fourth-order valence-electron chi connectivity index (χ4n) is 3.28. The summed E-state index contributed by atoms with van der Waals surface area (Å²) < 4.78 is 11.8. The Hall–Kier alpha value is -0.120. The van der Waals surface area contributed by atoms with Gasteiger partial charge >= 0.3 is 0 Å². The van der Waals surface area contributed by atoms with Crippen LogP contribution in [0.15, 0.2) is 0 Å². The third-order valence-corrected chi connectivity index (χ3v) is 4.35. The molecule has 3 nitrogen and oxygen atoms in total. The van der Waals surface area contributed by atoms with E-state index in [-0.39, 0.29) is 0 Å². The number of nitrogens with one attached hydrogen (secondary N) is 1. The van der Waals surface area contributed by atoms with Crippen molar-refractivity contribution in [3.8, 4) is 0 Å². The lowest BCUT2D eigenvalue weighted by molar-refractivity contribution is -0.0846. The second kappa shape index (κ2) is 6.72. The number of rotatable bonds is 4. The molecule has 2 saturated carbocycles. The second-order valence-corrected chi connectivity index (χ2v) is 5.50. The van der Waals surface area contributed by atoms with Crippen LogP contribution in [0.4, 0.5) is 0 Å². The summed E-state index contributed by atoms with van der Waals surface area (Å²) in [6.07, 6.45) is 11.2. The maximum Gasteiger partial charge on any atom is 0.0731 e. The van der Waals surface area contributed by atoms with Crippen molar-refractivity contribution < 1.29 is 9.47 Å². The topological polar surface area (TPSA) is 30.5 Å². The van der Waals surface area contributed by atoms with Gasteiger partial charge < -0.3 is 14.8 Å². The van der Waals surface area contributed by atoms with Crippen LogP contribution in [-0.2, 0) is 9.47 Å². The van der Waals surface area contributed by atoms with Crippen LogP contribution in [0.1, 0.15) is 51.4 Å². The minimum absolute atomic E-state index is 0.422. The van der Waals surface area contributed by atoms with E-state index in [0.29, 0.717) is 24.4 Å². The van der Waals surface area contributed by atoms with Crippen LogP contribution in [0.2, 0.25) is 0 Å². The van der Waals surface area contributed by atoms with Crippen molar-refractivity contribution in [3.63, 3.8) is 0 Å². The van der Waals surface area contributed by atoms with Crippen LogP contribution in [0.25, 0.3) is 0 Å². The smallest absolute Gasteiger partial charge is 0.0731 e. The Balaban J connectivity index is 1.81. The Kier molecular flexibility index (Phi) is 5.26. The lowest BCUT2D eigenvalue weighted by atomic mass is 9.90. The Morgan fingerprint density at radius 2 is 1.71 bits per heavy atom. The molecule has 0 aromatic rings. The largest absolute Gasteiger partial charge is 0.381 e. The van der Waals surface area contributed by atoms with Crippen LogP contribution in [0, 0.1) is 0 Å². The summed E-state index contributed by atoms with van der Waals surface area (Å²) in [6.45, 7) is 0. The van der Waals surface area contributed by atoms with E-state index in [4.69, 9.17) is 9.47 Å². The van der Waals surface area contributed by atoms with Gasteiger partial charge in [0.1, 0.15) is 0 Å². The number of ether oxygens (including phenoxy) is 2. The molecule has 2 aliphatic rings. The quantitative estimate of drug-likeness (QED) is 0.820. The monoisotopic (exact) mass is 241 g/mol. The molecule has 0 spiro atoms. The first-order valence-corrected chi connectivity index (χ1v) is 7.19. The summed E-state index contributed by atoms with van der Waals surface area (Å²) in [7, 11) is 3.88. The summed E-state index contributed by atoms with van der Waals surface area (Å²) in [6, 6.07) is 0.562. The van der Waals surface area contributed by atoms with E-state index in [9.17, 15) is 0 Å². The molecule has 2 aliphatic carbocycles. The predicted octanol–water partition coefficient (Wildman–Crippen LogP) is 2.49. The number of hydrogen-bond donors (Lipinski definition) is 1. The summed E-state index contributed by atoms with van der Waals surface area (Å²) in [5.74, 6) is 0. The molecular formula is C14H27NO2. The molecule has 0 radical (unpaired) electrons. The number of hydrogen-bond acceptors (Lipinski definition) is 3. The molecule has 0 bridgehead atoms. The van der Waals surface area contributed by atoms with Crippen molar-refractivity contribution in [2.45, 2.75) is 75.7 Å². The van der Waals surface area contributed by atoms with E-state index in [1.165, 1.54) is 44.9 Å². The molecule has 17 heavy (non-hydrogen) atoms. The van der Waals surface area contributed by atoms with Gasteiger partial charge in [0.15, 0.2) is 0 Å². The van der Waals surface area contributed by atoms with Crippen molar-refractivity contribution in [1.82, 2.24) is 5.32 Å². The summed E-state index contributed by atoms with van der Waals surface area (Å²) in [4.78, 5) is 0. The van der Waals surface area contributed by atoms with Crippen molar-refractivity contribution in [3.05, 3.63) is 0 Å². The molecule has 0 aromatic heterocycles. The Morgan fingerprint density at radius 3 is 2.47 bits per heavy atom. The van der Waals surface area contributed by atoms with Crippen LogP contribution in [-0.4, -0.2) is 38.5 Å². The lowest BCUT2D eigenvalue weighted by Gasteiger charge is -2.36. The Labute approximate surface area is 105 Å². The average Bonchev–Trinajstić information content (AvgIpc) is 2.39. The minimum atomic E-state index is 0.422. The van der Waals surface area contributed by atoms with Gasteiger partial charge in [-0.1, -0.05) is 12.8 Å². The summed E-state index contributed by atoms with van der Waals surface area (Å²) >= 11 is 0. The molecule has 0 amide bonds. The standard InChI is InChI=1S/C14H27NO2/c1-15-13-8-3-4-9-14(13)17-12-7-5-6-11(10-12)16-2/h11-15H,3-10H2,1-2H3. The van der Waals surface area contributed by atoms with Gasteiger partial charge in [0, 0.05) is 13.2 Å². The fourth-order valence-corrected chi connectivity index (χ4v) is 3.28. The van der Waals surface area contributed by atoms with Gasteiger partial charge in [0.05, 0.1) is 18.3 Å². The predicted molar refractivity (Wildman–Crippen MR) is 69.2 cm³/mol. The molecule has 0 aliphatic heterocycles. The normalized spacial score (nSPS) is 39.2. The highest BCUT2D eigenvalue weighted by Crippen LogP contribution is 2.28. The van der Waals surface area contributed by atoms with Crippen LogP contribution >= 0.6 is 0 Å². The molecule has 4 unspecified atom stereocenters. The molecule has 0 heterocycles. The lowest BCUT2D eigenvalue weighted by Crippen LogP contribution is -2.44. The van der Waals surface area contributed by atoms with E-state index in [0.717, 1.165) is 6.42 Å². The Bertz CT molecular complexity index is 222. The summed E-state index contributed by atoms with van der Waals surface area (Å²) in [5, 5.41) is 3.41. The molecule has 0 aromatic carbocycles. The molecular weight excluding hydrogens is 214 g/mol. The second-order valence-electron chi connectivity index (χ2n) is 5.50. The van der Waals surface area contributed by atoms with Crippen molar-refractivity contribution in [2.75, 3.05) is 14.2 Å². The maximum absolute atomic E-state index is 6.33. The number of likely N-dealkylation sites (N-methyl/N-ethyl adjacent to an activating group) is 1. The number of methoxy groups -OCH3 is 1. The maximum atomic E-state index is 6.33. The van der Waals surface area contributed by atoms with Crippen molar-refractivity contribution in [2.24, 2.45) is 0 Å². The van der Waals surface area contributed by atoms with E-state index in [2.05, 4.69) is 12.4 Å². The first-order chi connectivity index (χ1) is 8.33. The molecule has 3 heteroatoms. The van der Waals surface area contributed by atoms with Gasteiger partial charge in [-0.3, -0.25) is 0 Å². The van der Waals surface area contributed by atoms with Crippen molar-refractivity contribution >= 4 is 0 Å². The highest BCUT2D eigenvalue weighted by Gasteiger charge is 2.29. The van der Waals surface area contributed by atoms with Crippen LogP contribution in [0.5, 0.6) is 0 Å². The molecule has 100 valence electrons. The summed E-state index contributed by atoms with van der Waals surface area (Å²) in [5.41, 5.74) is 0. The van der Waals surface area contributed by atoms with Gasteiger partial charge in [-0.05, 0) is 45.6 Å². The first kappa shape index (κ1) is 13.3. The SMILES string of the molecule is CNC1CCCCC1OC1CCCC(OC)C1. The first-order valence-electron chi connectivity index (χ1n) is 7.19. The van der Waals surface area contributed by atoms with Crippen LogP contribution in [0.3, 0.4) is 0 Å². The van der Waals surface area contributed by atoms with E-state index >= 15 is 0 Å². The highest BCUT2D eigenvalue weighted by molar-refractivity contribution is 4.83. The molecule has 4 atom stereocenters.